The van der Waals surface area contributed by atoms with Crippen LogP contribution in [0.4, 0.5) is 0 Å². The van der Waals surface area contributed by atoms with Gasteiger partial charge < -0.3 is 9.47 Å². The van der Waals surface area contributed by atoms with E-state index in [1.54, 1.807) is 26.0 Å². The van der Waals surface area contributed by atoms with Gasteiger partial charge in [0.1, 0.15) is 25.8 Å². The molecule has 8 heteroatoms. The second kappa shape index (κ2) is 49.4. The first-order valence-electron chi connectivity index (χ1n) is 28.9. The number of carbonyl (C=O) groups excluding carboxylic acids is 6. The Morgan fingerprint density at radius 3 is 0.867 bits per heavy atom. The molecule has 0 aliphatic carbocycles. The molecule has 0 bridgehead atoms. The van der Waals surface area contributed by atoms with Crippen LogP contribution < -0.4 is 0 Å². The summed E-state index contributed by atoms with van der Waals surface area (Å²) in [6, 6.07) is 32.0. The summed E-state index contributed by atoms with van der Waals surface area (Å²) in [6.45, 7) is 35.4. The first-order chi connectivity index (χ1) is 39.3. The van der Waals surface area contributed by atoms with Gasteiger partial charge in [0.25, 0.3) is 0 Å². The van der Waals surface area contributed by atoms with Crippen molar-refractivity contribution in [3.63, 3.8) is 0 Å². The number of Topliss-reactive ketones (excluding diaryl/α,β-unsaturated/α-hetero) is 4. The molecule has 4 rings (SSSR count). The van der Waals surface area contributed by atoms with E-state index in [2.05, 4.69) is 106 Å². The monoisotopic (exact) mass is 1130 g/mol. The summed E-state index contributed by atoms with van der Waals surface area (Å²) in [5, 5.41) is 0. The van der Waals surface area contributed by atoms with Gasteiger partial charge in [-0.25, -0.2) is 0 Å². The molecule has 0 radical (unpaired) electrons. The predicted molar refractivity (Wildman–Crippen MR) is 352 cm³/mol. The molecule has 0 aliphatic rings. The fourth-order valence-corrected chi connectivity index (χ4v) is 6.77. The molecule has 4 aromatic carbocycles. The van der Waals surface area contributed by atoms with Crippen LogP contribution in [0.5, 0.6) is 0 Å². The average Bonchev–Trinajstić information content (AvgIpc) is 3.43. The second-order valence-electron chi connectivity index (χ2n) is 21.6. The summed E-state index contributed by atoms with van der Waals surface area (Å²) in [5.41, 5.74) is 16.8. The number of hydrogen-bond donors (Lipinski definition) is 0. The fourth-order valence-electron chi connectivity index (χ4n) is 6.77. The Morgan fingerprint density at radius 2 is 0.602 bits per heavy atom. The molecule has 0 spiro atoms. The van der Waals surface area contributed by atoms with Crippen LogP contribution in [0.25, 0.3) is 0 Å². The summed E-state index contributed by atoms with van der Waals surface area (Å²) in [4.78, 5) is 65.2. The zero-order chi connectivity index (χ0) is 63.0. The normalized spacial score (nSPS) is 10.8. The molecule has 0 fully saturated rings. The number of aldehydes is 2. The van der Waals surface area contributed by atoms with Crippen molar-refractivity contribution >= 4 is 35.7 Å². The van der Waals surface area contributed by atoms with Crippen LogP contribution in [0.1, 0.15) is 206 Å². The fraction of sp³-hybridized carbons (Fsp3) is 0.387. The smallest absolute Gasteiger partial charge is 0.188 e. The number of ketones is 4. The van der Waals surface area contributed by atoms with Gasteiger partial charge in [0.15, 0.2) is 23.1 Å². The minimum Gasteiger partial charge on any atom is -0.369 e. The van der Waals surface area contributed by atoms with Gasteiger partial charge in [-0.05, 0) is 181 Å². The quantitative estimate of drug-likeness (QED) is 0.0200. The van der Waals surface area contributed by atoms with Crippen LogP contribution in [0, 0.1) is 20.8 Å². The molecule has 0 saturated heterocycles. The van der Waals surface area contributed by atoms with Crippen molar-refractivity contribution in [3.8, 4) is 0 Å². The van der Waals surface area contributed by atoms with Crippen molar-refractivity contribution in [1.29, 1.82) is 0 Å². The number of carbonyl (C=O) groups is 6. The summed E-state index contributed by atoms with van der Waals surface area (Å²) >= 11 is 0. The molecule has 0 unspecified atom stereocenters. The van der Waals surface area contributed by atoms with Gasteiger partial charge in [0, 0.05) is 22.3 Å². The van der Waals surface area contributed by atoms with Gasteiger partial charge in [0.05, 0.1) is 13.2 Å². The molecular weight excluding hydrogens is 1030 g/mol. The number of rotatable bonds is 26. The number of ether oxygens (including phenoxy) is 2. The lowest BCUT2D eigenvalue weighted by atomic mass is 10.1. The number of aryl methyl sites for hydroxylation is 3. The Balaban J connectivity index is 0. The molecule has 0 saturated carbocycles. The lowest BCUT2D eigenvalue weighted by Crippen LogP contribution is -2.09. The Labute approximate surface area is 502 Å². The van der Waals surface area contributed by atoms with Gasteiger partial charge in [-0.2, -0.15) is 0 Å². The predicted octanol–water partition coefficient (Wildman–Crippen LogP) is 19.6. The lowest BCUT2D eigenvalue weighted by molar-refractivity contribution is -0.104. The summed E-state index contributed by atoms with van der Waals surface area (Å²) in [5.74, 6) is 0.312. The minimum absolute atomic E-state index is 0.0289. The van der Waals surface area contributed by atoms with E-state index in [1.165, 1.54) is 44.6 Å². The van der Waals surface area contributed by atoms with Crippen molar-refractivity contribution in [2.45, 2.75) is 169 Å². The third-order valence-electron chi connectivity index (χ3n) is 12.0. The van der Waals surface area contributed by atoms with Crippen LogP contribution in [-0.2, 0) is 19.1 Å². The van der Waals surface area contributed by atoms with Crippen molar-refractivity contribution < 1.29 is 38.2 Å². The topological polar surface area (TPSA) is 121 Å². The number of allylic oxidation sites excluding steroid dienone is 14. The highest BCUT2D eigenvalue weighted by atomic mass is 16.5. The first-order valence-corrected chi connectivity index (χ1v) is 28.9. The molecule has 0 atom stereocenters. The van der Waals surface area contributed by atoms with Crippen LogP contribution in [0.3, 0.4) is 0 Å². The zero-order valence-electron chi connectivity index (χ0n) is 53.8. The summed E-state index contributed by atoms with van der Waals surface area (Å²) in [7, 11) is 0. The maximum Gasteiger partial charge on any atom is 0.188 e. The van der Waals surface area contributed by atoms with Gasteiger partial charge in [0.2, 0.25) is 0 Å². The van der Waals surface area contributed by atoms with Crippen LogP contribution in [0.15, 0.2) is 196 Å². The highest BCUT2D eigenvalue weighted by molar-refractivity contribution is 5.97. The Hall–Kier alpha value is -7.26. The van der Waals surface area contributed by atoms with Crippen molar-refractivity contribution in [2.24, 2.45) is 0 Å². The summed E-state index contributed by atoms with van der Waals surface area (Å²) in [6.07, 6.45) is 26.2. The van der Waals surface area contributed by atoms with E-state index in [1.807, 2.05) is 138 Å². The Morgan fingerprint density at radius 1 is 0.337 bits per heavy atom. The maximum absolute atomic E-state index is 11.9. The lowest BCUT2D eigenvalue weighted by Gasteiger charge is -2.03. The van der Waals surface area contributed by atoms with Gasteiger partial charge in [-0.1, -0.05) is 201 Å². The molecule has 0 N–H and O–H groups in total. The number of hydrogen-bond acceptors (Lipinski definition) is 8. The Bertz CT molecular complexity index is 2640. The van der Waals surface area contributed by atoms with Gasteiger partial charge >= 0.3 is 0 Å². The van der Waals surface area contributed by atoms with E-state index in [4.69, 9.17) is 9.47 Å². The first kappa shape index (κ1) is 77.8. The van der Waals surface area contributed by atoms with Crippen molar-refractivity contribution in [2.75, 3.05) is 26.4 Å². The van der Waals surface area contributed by atoms with Gasteiger partial charge in [-0.3, -0.25) is 28.8 Å². The molecule has 4 aromatic rings. The standard InChI is InChI=1S/C19H26O2.C18H24O2.2C10H16O.2C9H10O/c1-15(2)6-5-7-16(3)12-13-21-14-19(20)18-10-8-17(4)9-11-18;1-15(2)8-7-9-16(3)12-13-20-14-18(19)17-10-5-4-6-11-17;2*1-9(2)5-4-6-10(3)7-8-11;2*1-7-3-5-9(6-4-7)8(2)10/h6,8-12H,5,7,13-14H2,1-4H3;4-6,8,10-12H,7,9,13-14H2,1-3H3;2*5,7-8H,4,6H2,1-3H3;2*3-6H,1-2H3/b2*16-12+;2*10-7+;;. The Kier molecular flexibility index (Phi) is 46.3. The molecule has 8 nitrogen and oxygen atoms in total. The maximum atomic E-state index is 11.9. The van der Waals surface area contributed by atoms with E-state index in [0.29, 0.717) is 24.3 Å². The van der Waals surface area contributed by atoms with E-state index >= 15 is 0 Å². The zero-order valence-corrected chi connectivity index (χ0v) is 53.8. The van der Waals surface area contributed by atoms with Crippen molar-refractivity contribution in [3.05, 3.63) is 235 Å². The van der Waals surface area contributed by atoms with Crippen molar-refractivity contribution in [1.82, 2.24) is 0 Å². The van der Waals surface area contributed by atoms with E-state index in [9.17, 15) is 28.8 Å². The summed E-state index contributed by atoms with van der Waals surface area (Å²) < 4.78 is 10.8. The molecule has 450 valence electrons. The highest BCUT2D eigenvalue weighted by Crippen LogP contribution is 2.11. The SMILES string of the molecule is CC(=O)c1ccc(C)cc1.CC(=O)c1ccc(C)cc1.CC(C)=CCC/C(C)=C/C=O.CC(C)=CCC/C(C)=C/C=O.CC(C)=CCC/C(C)=C/COCC(=O)c1ccc(C)cc1.CC(C)=CCC/C(C)=C/COCC(=O)c1ccccc1. The molecule has 83 heavy (non-hydrogen) atoms. The largest absolute Gasteiger partial charge is 0.369 e. The third-order valence-corrected chi connectivity index (χ3v) is 12.0. The molecule has 0 amide bonds. The van der Waals surface area contributed by atoms with E-state index in [-0.39, 0.29) is 36.3 Å². The molecule has 0 aromatic heterocycles. The molecule has 0 heterocycles. The van der Waals surface area contributed by atoms with E-state index in [0.717, 1.165) is 91.8 Å². The highest BCUT2D eigenvalue weighted by Gasteiger charge is 2.06. The molecule has 0 aliphatic heterocycles. The van der Waals surface area contributed by atoms with Crippen LogP contribution >= 0.6 is 0 Å². The third kappa shape index (κ3) is 48.0. The van der Waals surface area contributed by atoms with Crippen LogP contribution in [-0.4, -0.2) is 62.1 Å². The van der Waals surface area contributed by atoms with E-state index < -0.39 is 0 Å². The second-order valence-corrected chi connectivity index (χ2v) is 21.6. The van der Waals surface area contributed by atoms with Crippen LogP contribution in [0.2, 0.25) is 0 Å². The van der Waals surface area contributed by atoms with Gasteiger partial charge in [-0.15, -0.1) is 0 Å². The number of benzene rings is 4. The average molecular weight is 1130 g/mol. The minimum atomic E-state index is 0.0289. The molecular formula is C75H102O8.